The van der Waals surface area contributed by atoms with Crippen molar-refractivity contribution < 1.29 is 8.42 Å². The topological polar surface area (TPSA) is 75.2 Å². The van der Waals surface area contributed by atoms with E-state index in [-0.39, 0.29) is 4.90 Å². The lowest BCUT2D eigenvalue weighted by Crippen LogP contribution is -2.22. The molecule has 0 saturated heterocycles. The molecule has 136 valence electrons. The van der Waals surface area contributed by atoms with E-state index in [0.717, 1.165) is 28.9 Å². The number of fused-ring (bicyclic) bond motifs is 3. The molecule has 2 heterocycles. The van der Waals surface area contributed by atoms with Crippen molar-refractivity contribution in [1.82, 2.24) is 14.3 Å². The minimum absolute atomic E-state index is 0.255. The number of aryl methyl sites for hydroxylation is 3. The Hall–Kier alpha value is -2.03. The summed E-state index contributed by atoms with van der Waals surface area (Å²) in [5.74, 6) is 1.46. The number of aromatic nitrogens is 2. The average Bonchev–Trinajstić information content (AvgIpc) is 3.15. The summed E-state index contributed by atoms with van der Waals surface area (Å²) in [6.07, 6.45) is 3.32. The highest BCUT2D eigenvalue weighted by Crippen LogP contribution is 2.40. The maximum atomic E-state index is 12.4. The number of rotatable bonds is 4. The Morgan fingerprint density at radius 2 is 2.00 bits per heavy atom. The van der Waals surface area contributed by atoms with E-state index >= 15 is 0 Å². The second-order valence-electron chi connectivity index (χ2n) is 6.60. The zero-order valence-electron chi connectivity index (χ0n) is 14.9. The van der Waals surface area contributed by atoms with E-state index in [1.807, 2.05) is 13.0 Å². The van der Waals surface area contributed by atoms with Gasteiger partial charge in [-0.3, -0.25) is 0 Å². The van der Waals surface area contributed by atoms with E-state index in [1.165, 1.54) is 35.3 Å². The molecule has 0 radical (unpaired) electrons. The third kappa shape index (κ3) is 2.87. The first-order chi connectivity index (χ1) is 12.4. The van der Waals surface area contributed by atoms with Gasteiger partial charge in [0.05, 0.1) is 10.3 Å². The fourth-order valence-electron chi connectivity index (χ4n) is 3.27. The molecule has 1 aliphatic carbocycles. The Labute approximate surface area is 157 Å². The highest BCUT2D eigenvalue weighted by Gasteiger charge is 2.22. The van der Waals surface area contributed by atoms with Crippen LogP contribution in [0.25, 0.3) is 10.2 Å². The summed E-state index contributed by atoms with van der Waals surface area (Å²) < 4.78 is 26.0. The van der Waals surface area contributed by atoms with Crippen molar-refractivity contribution in [3.8, 4) is 0 Å². The number of nitrogens with one attached hydrogen (secondary N) is 1. The van der Waals surface area contributed by atoms with Gasteiger partial charge < -0.3 is 5.32 Å². The van der Waals surface area contributed by atoms with Gasteiger partial charge in [-0.2, -0.15) is 0 Å². The van der Waals surface area contributed by atoms with E-state index < -0.39 is 10.0 Å². The molecule has 0 saturated carbocycles. The molecule has 0 aliphatic heterocycles. The van der Waals surface area contributed by atoms with Crippen LogP contribution in [0.15, 0.2) is 29.2 Å². The lowest BCUT2D eigenvalue weighted by atomic mass is 10.2. The standard InChI is InChI=1S/C18H20N4O2S2/c1-11-19-17(16-14-8-5-9-15(14)25-18(16)20-11)21-12-6-4-7-13(10-12)26(23,24)22(2)3/h4,6-7,10H,5,8-9H2,1-3H3,(H,19,20,21). The summed E-state index contributed by atoms with van der Waals surface area (Å²) in [6, 6.07) is 6.83. The van der Waals surface area contributed by atoms with Crippen molar-refractivity contribution in [2.75, 3.05) is 19.4 Å². The van der Waals surface area contributed by atoms with Crippen LogP contribution in [0.2, 0.25) is 0 Å². The monoisotopic (exact) mass is 388 g/mol. The van der Waals surface area contributed by atoms with Gasteiger partial charge in [0.2, 0.25) is 10.0 Å². The molecule has 1 aliphatic rings. The highest BCUT2D eigenvalue weighted by atomic mass is 32.2. The number of benzene rings is 1. The lowest BCUT2D eigenvalue weighted by molar-refractivity contribution is 0.521. The minimum Gasteiger partial charge on any atom is -0.340 e. The number of sulfonamides is 1. The van der Waals surface area contributed by atoms with Crippen molar-refractivity contribution in [3.05, 3.63) is 40.5 Å². The van der Waals surface area contributed by atoms with Crippen molar-refractivity contribution in [2.24, 2.45) is 0 Å². The predicted molar refractivity (Wildman–Crippen MR) is 105 cm³/mol. The molecule has 0 atom stereocenters. The fraction of sp³-hybridized carbons (Fsp3) is 0.333. The Balaban J connectivity index is 1.79. The Morgan fingerprint density at radius 1 is 1.19 bits per heavy atom. The van der Waals surface area contributed by atoms with Crippen LogP contribution in [0.5, 0.6) is 0 Å². The molecular weight excluding hydrogens is 368 g/mol. The second-order valence-corrected chi connectivity index (χ2v) is 9.83. The molecule has 4 rings (SSSR count). The minimum atomic E-state index is -3.48. The second kappa shape index (κ2) is 6.29. The highest BCUT2D eigenvalue weighted by molar-refractivity contribution is 7.89. The van der Waals surface area contributed by atoms with Crippen LogP contribution in [-0.4, -0.2) is 36.8 Å². The van der Waals surface area contributed by atoms with Gasteiger partial charge in [0.15, 0.2) is 0 Å². The van der Waals surface area contributed by atoms with Crippen LogP contribution >= 0.6 is 11.3 Å². The summed E-state index contributed by atoms with van der Waals surface area (Å²) in [7, 11) is -0.420. The van der Waals surface area contributed by atoms with Crippen molar-refractivity contribution in [2.45, 2.75) is 31.1 Å². The number of hydrogen-bond donors (Lipinski definition) is 1. The first-order valence-corrected chi connectivity index (χ1v) is 10.7. The molecule has 0 unspecified atom stereocenters. The van der Waals surface area contributed by atoms with Gasteiger partial charge in [0, 0.05) is 24.7 Å². The molecule has 6 nitrogen and oxygen atoms in total. The summed E-state index contributed by atoms with van der Waals surface area (Å²) in [5, 5.41) is 4.41. The molecule has 0 spiro atoms. The third-order valence-corrected chi connectivity index (χ3v) is 7.55. The molecule has 0 amide bonds. The molecule has 1 aromatic carbocycles. The molecule has 26 heavy (non-hydrogen) atoms. The zero-order chi connectivity index (χ0) is 18.5. The molecular formula is C18H20N4O2S2. The summed E-state index contributed by atoms with van der Waals surface area (Å²) >= 11 is 1.74. The number of hydrogen-bond acceptors (Lipinski definition) is 6. The number of anilines is 2. The predicted octanol–water partition coefficient (Wildman–Crippen LogP) is 3.48. The van der Waals surface area contributed by atoms with Gasteiger partial charge in [-0.05, 0) is 49.9 Å². The normalized spacial score (nSPS) is 14.2. The summed E-state index contributed by atoms with van der Waals surface area (Å²) in [6.45, 7) is 1.88. The largest absolute Gasteiger partial charge is 0.340 e. The van der Waals surface area contributed by atoms with Crippen molar-refractivity contribution >= 4 is 43.1 Å². The van der Waals surface area contributed by atoms with Crippen LogP contribution < -0.4 is 5.32 Å². The van der Waals surface area contributed by atoms with E-state index in [1.54, 1.807) is 29.5 Å². The lowest BCUT2D eigenvalue weighted by Gasteiger charge is -2.13. The third-order valence-electron chi connectivity index (χ3n) is 4.55. The van der Waals surface area contributed by atoms with Crippen molar-refractivity contribution in [3.63, 3.8) is 0 Å². The van der Waals surface area contributed by atoms with Gasteiger partial charge in [-0.15, -0.1) is 11.3 Å². The van der Waals surface area contributed by atoms with Crippen LogP contribution in [0.3, 0.4) is 0 Å². The summed E-state index contributed by atoms with van der Waals surface area (Å²) in [4.78, 5) is 11.8. The van der Waals surface area contributed by atoms with Crippen LogP contribution in [0.1, 0.15) is 22.7 Å². The quantitative estimate of drug-likeness (QED) is 0.741. The molecule has 0 bridgehead atoms. The molecule has 8 heteroatoms. The summed E-state index contributed by atoms with van der Waals surface area (Å²) in [5.41, 5.74) is 2.04. The first kappa shape index (κ1) is 17.4. The van der Waals surface area contributed by atoms with E-state index in [9.17, 15) is 8.42 Å². The Morgan fingerprint density at radius 3 is 2.77 bits per heavy atom. The first-order valence-electron chi connectivity index (χ1n) is 8.45. The average molecular weight is 389 g/mol. The SMILES string of the molecule is Cc1nc(Nc2cccc(S(=O)(=O)N(C)C)c2)c2c3c(sc2n1)CCC3. The number of nitrogens with zero attached hydrogens (tertiary/aromatic N) is 3. The fourth-order valence-corrected chi connectivity index (χ4v) is 5.53. The zero-order valence-corrected chi connectivity index (χ0v) is 16.5. The van der Waals surface area contributed by atoms with Gasteiger partial charge in [-0.25, -0.2) is 22.7 Å². The molecule has 3 aromatic rings. The maximum Gasteiger partial charge on any atom is 0.242 e. The van der Waals surface area contributed by atoms with Gasteiger partial charge in [0.25, 0.3) is 0 Å². The van der Waals surface area contributed by atoms with Gasteiger partial charge >= 0.3 is 0 Å². The molecule has 1 N–H and O–H groups in total. The van der Waals surface area contributed by atoms with E-state index in [0.29, 0.717) is 11.5 Å². The van der Waals surface area contributed by atoms with E-state index in [4.69, 9.17) is 0 Å². The van der Waals surface area contributed by atoms with Crippen LogP contribution in [0, 0.1) is 6.92 Å². The Kier molecular flexibility index (Phi) is 4.21. The Bertz CT molecular complexity index is 1100. The number of thiophene rings is 1. The molecule has 2 aromatic heterocycles. The van der Waals surface area contributed by atoms with Gasteiger partial charge in [-0.1, -0.05) is 6.07 Å². The smallest absolute Gasteiger partial charge is 0.242 e. The van der Waals surface area contributed by atoms with E-state index in [2.05, 4.69) is 15.3 Å². The maximum absolute atomic E-state index is 12.4. The van der Waals surface area contributed by atoms with Crippen LogP contribution in [-0.2, 0) is 22.9 Å². The van der Waals surface area contributed by atoms with Gasteiger partial charge in [0.1, 0.15) is 16.5 Å². The molecule has 0 fully saturated rings. The van der Waals surface area contributed by atoms with Crippen LogP contribution in [0.4, 0.5) is 11.5 Å². The van der Waals surface area contributed by atoms with Crippen molar-refractivity contribution in [1.29, 1.82) is 0 Å².